The molecule has 0 spiro atoms. The summed E-state index contributed by atoms with van der Waals surface area (Å²) in [5.41, 5.74) is 0. The molecule has 0 bridgehead atoms. The molecule has 1 rings (SSSR count). The highest BCUT2D eigenvalue weighted by Gasteiger charge is 2.36. The van der Waals surface area contributed by atoms with Gasteiger partial charge in [0.1, 0.15) is 6.04 Å². The van der Waals surface area contributed by atoms with Gasteiger partial charge in [0.25, 0.3) is 10.2 Å². The van der Waals surface area contributed by atoms with Crippen LogP contribution in [-0.4, -0.2) is 70.2 Å². The van der Waals surface area contributed by atoms with Gasteiger partial charge < -0.3 is 19.3 Å². The second-order valence-electron chi connectivity index (χ2n) is 6.87. The van der Waals surface area contributed by atoms with Crippen LogP contribution in [0, 0.1) is 26.1 Å². The molecular weight excluding hydrogens is 438 g/mol. The topological polar surface area (TPSA) is 168 Å². The summed E-state index contributed by atoms with van der Waals surface area (Å²) in [6, 6.07) is -0.700. The Balaban J connectivity index is 2.32. The van der Waals surface area contributed by atoms with Gasteiger partial charge in [0.15, 0.2) is 5.12 Å². The summed E-state index contributed by atoms with van der Waals surface area (Å²) >= 11 is 1.02. The third-order valence-corrected chi connectivity index (χ3v) is 5.62. The van der Waals surface area contributed by atoms with Crippen LogP contribution in [0.5, 0.6) is 0 Å². The molecule has 14 heteroatoms. The molecule has 1 heterocycles. The summed E-state index contributed by atoms with van der Waals surface area (Å²) in [5, 5.41) is 18.2. The highest BCUT2D eigenvalue weighted by molar-refractivity contribution is 8.13. The Bertz CT molecular complexity index is 648. The minimum atomic E-state index is -0.923. The number of esters is 1. The van der Waals surface area contributed by atoms with E-state index >= 15 is 0 Å². The first-order chi connectivity index (χ1) is 14.7. The Morgan fingerprint density at radius 1 is 1.06 bits per heavy atom. The monoisotopic (exact) mass is 465 g/mol. The number of ether oxygens (including phenoxy) is 1. The zero-order chi connectivity index (χ0) is 23.2. The number of carbonyl (C=O) groups excluding carboxylic acids is 3. The summed E-state index contributed by atoms with van der Waals surface area (Å²) < 4.78 is 5.10. The van der Waals surface area contributed by atoms with Crippen LogP contribution in [0.3, 0.4) is 0 Å². The molecule has 13 nitrogen and oxygen atoms in total. The zero-order valence-corrected chi connectivity index (χ0v) is 18.1. The van der Waals surface area contributed by atoms with Crippen LogP contribution in [0.1, 0.15) is 45.4 Å². The first-order valence-corrected chi connectivity index (χ1v) is 10.9. The van der Waals surface area contributed by atoms with E-state index in [9.17, 15) is 34.6 Å². The predicted octanol–water partition coefficient (Wildman–Crippen LogP) is 1.39. The van der Waals surface area contributed by atoms with Crippen LogP contribution in [0.2, 0.25) is 0 Å². The quantitative estimate of drug-likeness (QED) is 0.148. The van der Waals surface area contributed by atoms with Gasteiger partial charge in [0.05, 0.1) is 19.8 Å². The molecule has 1 saturated heterocycles. The number of unbranched alkanes of at least 4 members (excludes halogenated alkanes) is 1. The molecule has 1 amide bonds. The van der Waals surface area contributed by atoms with Crippen molar-refractivity contribution >= 4 is 28.8 Å². The Hall–Kier alpha value is -2.64. The average molecular weight is 465 g/mol. The number of amides is 1. The SMILES string of the molecule is C[C@H](CSC(=O)CCCCO[N+](=O)[O-])C(=O)N1CCC[C@H]1C(=O)OCCCO[N+](=O)[O-]. The molecule has 0 unspecified atom stereocenters. The molecule has 0 aromatic heterocycles. The van der Waals surface area contributed by atoms with Crippen LogP contribution < -0.4 is 0 Å². The molecule has 176 valence electrons. The lowest BCUT2D eigenvalue weighted by atomic mass is 10.1. The van der Waals surface area contributed by atoms with Crippen molar-refractivity contribution in [1.82, 2.24) is 4.90 Å². The number of carbonyl (C=O) groups is 3. The van der Waals surface area contributed by atoms with E-state index in [-0.39, 0.29) is 49.4 Å². The molecule has 0 N–H and O–H groups in total. The summed E-state index contributed by atoms with van der Waals surface area (Å²) in [7, 11) is 0. The fraction of sp³-hybridized carbons (Fsp3) is 0.824. The number of thioether (sulfide) groups is 1. The van der Waals surface area contributed by atoms with Gasteiger partial charge in [-0.3, -0.25) is 9.59 Å². The van der Waals surface area contributed by atoms with E-state index in [2.05, 4.69) is 9.68 Å². The normalized spacial score (nSPS) is 16.4. The molecule has 2 atom stereocenters. The molecule has 0 aromatic carbocycles. The highest BCUT2D eigenvalue weighted by Crippen LogP contribution is 2.23. The number of nitrogens with zero attached hydrogens (tertiary/aromatic N) is 3. The summed E-state index contributed by atoms with van der Waals surface area (Å²) in [4.78, 5) is 66.7. The van der Waals surface area contributed by atoms with Crippen molar-refractivity contribution in [2.45, 2.75) is 51.5 Å². The van der Waals surface area contributed by atoms with Gasteiger partial charge in [-0.15, -0.1) is 20.2 Å². The zero-order valence-electron chi connectivity index (χ0n) is 17.3. The predicted molar refractivity (Wildman–Crippen MR) is 107 cm³/mol. The third kappa shape index (κ3) is 10.8. The molecule has 31 heavy (non-hydrogen) atoms. The molecule has 0 aliphatic carbocycles. The second-order valence-corrected chi connectivity index (χ2v) is 7.94. The first-order valence-electron chi connectivity index (χ1n) is 9.89. The van der Waals surface area contributed by atoms with Gasteiger partial charge >= 0.3 is 5.97 Å². The molecule has 0 saturated carbocycles. The van der Waals surface area contributed by atoms with Crippen LogP contribution >= 0.6 is 11.8 Å². The van der Waals surface area contributed by atoms with Crippen molar-refractivity contribution < 1.29 is 39.0 Å². The lowest BCUT2D eigenvalue weighted by Crippen LogP contribution is -2.44. The van der Waals surface area contributed by atoms with E-state index in [4.69, 9.17) is 4.74 Å². The summed E-state index contributed by atoms with van der Waals surface area (Å²) in [6.45, 7) is 1.82. The van der Waals surface area contributed by atoms with Crippen molar-refractivity contribution in [3.63, 3.8) is 0 Å². The average Bonchev–Trinajstić information content (AvgIpc) is 3.20. The Morgan fingerprint density at radius 2 is 1.71 bits per heavy atom. The van der Waals surface area contributed by atoms with Gasteiger partial charge in [0.2, 0.25) is 5.91 Å². The smallest absolute Gasteiger partial charge is 0.328 e. The standard InChI is InChI=1S/C17H27N3O10S/c1-13(12-31-15(21)7-2-3-10-29-19(24)25)16(22)18-8-4-6-14(18)17(23)28-9-5-11-30-20(26)27/h13-14H,2-12H2,1H3/t13-,14+/m1/s1. The van der Waals surface area contributed by atoms with E-state index in [0.29, 0.717) is 32.2 Å². The van der Waals surface area contributed by atoms with E-state index in [1.165, 1.54) is 4.90 Å². The fourth-order valence-corrected chi connectivity index (χ4v) is 3.76. The van der Waals surface area contributed by atoms with Crippen molar-refractivity contribution in [1.29, 1.82) is 0 Å². The van der Waals surface area contributed by atoms with Gasteiger partial charge in [0, 0.05) is 31.1 Å². The largest absolute Gasteiger partial charge is 0.464 e. The van der Waals surface area contributed by atoms with Gasteiger partial charge in [-0.05, 0) is 25.7 Å². The van der Waals surface area contributed by atoms with Gasteiger partial charge in [-0.2, -0.15) is 0 Å². The highest BCUT2D eigenvalue weighted by atomic mass is 32.2. The fourth-order valence-electron chi connectivity index (χ4n) is 2.90. The summed E-state index contributed by atoms with van der Waals surface area (Å²) in [6.07, 6.45) is 2.36. The lowest BCUT2D eigenvalue weighted by molar-refractivity contribution is -0.757. The maximum absolute atomic E-state index is 12.7. The minimum absolute atomic E-state index is 0.0438. The molecule has 1 aliphatic heterocycles. The molecule has 1 fully saturated rings. The van der Waals surface area contributed by atoms with Gasteiger partial charge in [-0.1, -0.05) is 18.7 Å². The van der Waals surface area contributed by atoms with E-state index in [0.717, 1.165) is 11.8 Å². The maximum atomic E-state index is 12.7. The molecular formula is C17H27N3O10S. The molecule has 0 aromatic rings. The Morgan fingerprint density at radius 3 is 2.35 bits per heavy atom. The van der Waals surface area contributed by atoms with Gasteiger partial charge in [-0.25, -0.2) is 4.79 Å². The summed E-state index contributed by atoms with van der Waals surface area (Å²) in [5.74, 6) is -1.01. The van der Waals surface area contributed by atoms with Crippen molar-refractivity contribution in [3.8, 4) is 0 Å². The van der Waals surface area contributed by atoms with Crippen LogP contribution in [0.15, 0.2) is 0 Å². The van der Waals surface area contributed by atoms with Crippen LogP contribution in [-0.2, 0) is 28.8 Å². The Labute approximate surface area is 182 Å². The first kappa shape index (κ1) is 26.4. The van der Waals surface area contributed by atoms with Crippen molar-refractivity contribution in [2.75, 3.05) is 32.1 Å². The van der Waals surface area contributed by atoms with Crippen molar-refractivity contribution in [2.24, 2.45) is 5.92 Å². The maximum Gasteiger partial charge on any atom is 0.328 e. The number of rotatable bonds is 15. The van der Waals surface area contributed by atoms with E-state index < -0.39 is 28.1 Å². The number of hydrogen-bond acceptors (Lipinski definition) is 11. The van der Waals surface area contributed by atoms with Crippen LogP contribution in [0.4, 0.5) is 0 Å². The lowest BCUT2D eigenvalue weighted by Gasteiger charge is -2.26. The minimum Gasteiger partial charge on any atom is -0.464 e. The number of likely N-dealkylation sites (tertiary alicyclic amines) is 1. The van der Waals surface area contributed by atoms with Crippen LogP contribution in [0.25, 0.3) is 0 Å². The van der Waals surface area contributed by atoms with Crippen molar-refractivity contribution in [3.05, 3.63) is 20.2 Å². The Kier molecular flexibility index (Phi) is 12.2. The van der Waals surface area contributed by atoms with E-state index in [1.807, 2.05) is 0 Å². The molecule has 1 aliphatic rings. The number of hydrogen-bond donors (Lipinski definition) is 0. The second kappa shape index (κ2) is 14.4. The third-order valence-electron chi connectivity index (χ3n) is 4.43. The van der Waals surface area contributed by atoms with E-state index in [1.54, 1.807) is 6.92 Å². The molecule has 0 radical (unpaired) electrons.